The fourth-order valence-corrected chi connectivity index (χ4v) is 2.14. The molecule has 1 aromatic carbocycles. The van der Waals surface area contributed by atoms with Gasteiger partial charge in [-0.05, 0) is 56.5 Å². The Hall–Kier alpha value is -1.35. The van der Waals surface area contributed by atoms with Crippen molar-refractivity contribution in [2.45, 2.75) is 32.1 Å². The van der Waals surface area contributed by atoms with E-state index in [2.05, 4.69) is 5.32 Å². The van der Waals surface area contributed by atoms with E-state index in [0.29, 0.717) is 18.1 Å². The highest BCUT2D eigenvalue weighted by molar-refractivity contribution is 5.49. The van der Waals surface area contributed by atoms with E-state index in [9.17, 15) is 9.90 Å². The first-order valence-electron chi connectivity index (χ1n) is 6.62. The van der Waals surface area contributed by atoms with Gasteiger partial charge in [-0.1, -0.05) is 18.6 Å². The third-order valence-electron chi connectivity index (χ3n) is 3.18. The van der Waals surface area contributed by atoms with Crippen LogP contribution in [0, 0.1) is 5.92 Å². The molecule has 1 atom stereocenters. The first kappa shape index (κ1) is 14.7. The molecule has 18 heavy (non-hydrogen) atoms. The average molecular weight is 249 g/mol. The van der Waals surface area contributed by atoms with Gasteiger partial charge >= 0.3 is 0 Å². The lowest BCUT2D eigenvalue weighted by Gasteiger charge is -2.14. The third kappa shape index (κ3) is 5.82. The molecule has 0 aliphatic heterocycles. The Morgan fingerprint density at radius 2 is 2.00 bits per heavy atom. The molecular formula is C15H23NO2. The van der Waals surface area contributed by atoms with Crippen molar-refractivity contribution < 1.29 is 9.90 Å². The smallest absolute Gasteiger partial charge is 0.120 e. The molecular weight excluding hydrogens is 226 g/mol. The molecule has 0 spiro atoms. The van der Waals surface area contributed by atoms with Gasteiger partial charge in [-0.15, -0.1) is 0 Å². The highest BCUT2D eigenvalue weighted by Crippen LogP contribution is 2.19. The molecule has 0 fully saturated rings. The predicted octanol–water partition coefficient (Wildman–Crippen LogP) is 2.53. The SMILES string of the molecule is CNCCCCC(CC=O)Cc1ccc(O)cc1. The lowest BCUT2D eigenvalue weighted by Crippen LogP contribution is -2.10. The summed E-state index contributed by atoms with van der Waals surface area (Å²) in [6, 6.07) is 7.27. The molecule has 0 aliphatic carbocycles. The molecule has 1 unspecified atom stereocenters. The molecule has 0 bridgehead atoms. The van der Waals surface area contributed by atoms with Crippen LogP contribution in [0.25, 0.3) is 0 Å². The zero-order chi connectivity index (χ0) is 13.2. The van der Waals surface area contributed by atoms with E-state index in [-0.39, 0.29) is 0 Å². The first-order valence-corrected chi connectivity index (χ1v) is 6.62. The largest absolute Gasteiger partial charge is 0.508 e. The van der Waals surface area contributed by atoms with Crippen LogP contribution in [0.1, 0.15) is 31.2 Å². The van der Waals surface area contributed by atoms with Crippen LogP contribution in [0.15, 0.2) is 24.3 Å². The summed E-state index contributed by atoms with van der Waals surface area (Å²) in [6.45, 7) is 1.03. The topological polar surface area (TPSA) is 49.3 Å². The Kier molecular flexibility index (Phi) is 7.11. The van der Waals surface area contributed by atoms with Crippen LogP contribution in [-0.2, 0) is 11.2 Å². The van der Waals surface area contributed by atoms with E-state index >= 15 is 0 Å². The zero-order valence-corrected chi connectivity index (χ0v) is 11.1. The van der Waals surface area contributed by atoms with Crippen molar-refractivity contribution in [2.75, 3.05) is 13.6 Å². The molecule has 0 radical (unpaired) electrons. The molecule has 1 rings (SSSR count). The summed E-state index contributed by atoms with van der Waals surface area (Å²) in [5.41, 5.74) is 1.19. The number of hydrogen-bond donors (Lipinski definition) is 2. The van der Waals surface area contributed by atoms with Crippen LogP contribution in [0.2, 0.25) is 0 Å². The van der Waals surface area contributed by atoms with Crippen molar-refractivity contribution in [2.24, 2.45) is 5.92 Å². The Labute approximate surface area is 109 Å². The summed E-state index contributed by atoms with van der Waals surface area (Å²) in [5, 5.41) is 12.4. The number of benzene rings is 1. The minimum Gasteiger partial charge on any atom is -0.508 e. The van der Waals surface area contributed by atoms with Crippen LogP contribution < -0.4 is 5.32 Å². The molecule has 2 N–H and O–H groups in total. The lowest BCUT2D eigenvalue weighted by atomic mass is 9.92. The lowest BCUT2D eigenvalue weighted by molar-refractivity contribution is -0.108. The number of phenols is 1. The van der Waals surface area contributed by atoms with E-state index in [1.807, 2.05) is 19.2 Å². The van der Waals surface area contributed by atoms with Gasteiger partial charge in [0.1, 0.15) is 12.0 Å². The van der Waals surface area contributed by atoms with Gasteiger partial charge in [0.15, 0.2) is 0 Å². The Morgan fingerprint density at radius 3 is 2.61 bits per heavy atom. The summed E-state index contributed by atoms with van der Waals surface area (Å²) < 4.78 is 0. The minimum absolute atomic E-state index is 0.291. The summed E-state index contributed by atoms with van der Waals surface area (Å²) in [7, 11) is 1.96. The normalized spacial score (nSPS) is 12.3. The number of nitrogens with one attached hydrogen (secondary N) is 1. The van der Waals surface area contributed by atoms with Gasteiger partial charge in [-0.3, -0.25) is 0 Å². The van der Waals surface area contributed by atoms with Crippen molar-refractivity contribution >= 4 is 6.29 Å². The standard InChI is InChI=1S/C15H23NO2/c1-16-10-3-2-4-13(9-11-17)12-14-5-7-15(18)8-6-14/h5-8,11,13,16,18H,2-4,9-10,12H2,1H3. The maximum Gasteiger partial charge on any atom is 0.120 e. The first-order chi connectivity index (χ1) is 8.76. The zero-order valence-electron chi connectivity index (χ0n) is 11.1. The number of aromatic hydroxyl groups is 1. The maximum atomic E-state index is 10.7. The third-order valence-corrected chi connectivity index (χ3v) is 3.18. The van der Waals surface area contributed by atoms with Crippen LogP contribution in [-0.4, -0.2) is 25.0 Å². The Balaban J connectivity index is 2.41. The second kappa shape index (κ2) is 8.70. The second-order valence-corrected chi connectivity index (χ2v) is 4.74. The van der Waals surface area contributed by atoms with Gasteiger partial charge in [-0.25, -0.2) is 0 Å². The van der Waals surface area contributed by atoms with Crippen LogP contribution >= 0.6 is 0 Å². The van der Waals surface area contributed by atoms with Crippen molar-refractivity contribution in [1.29, 1.82) is 0 Å². The number of rotatable bonds is 9. The number of aldehydes is 1. The van der Waals surface area contributed by atoms with Crippen LogP contribution in [0.4, 0.5) is 0 Å². The fourth-order valence-electron chi connectivity index (χ4n) is 2.14. The minimum atomic E-state index is 0.291. The van der Waals surface area contributed by atoms with Gasteiger partial charge in [-0.2, -0.15) is 0 Å². The van der Waals surface area contributed by atoms with Gasteiger partial charge in [0, 0.05) is 6.42 Å². The number of unbranched alkanes of at least 4 members (excludes halogenated alkanes) is 1. The van der Waals surface area contributed by atoms with E-state index in [4.69, 9.17) is 0 Å². The quantitative estimate of drug-likeness (QED) is 0.522. The van der Waals surface area contributed by atoms with Crippen LogP contribution in [0.3, 0.4) is 0 Å². The van der Waals surface area contributed by atoms with Crippen molar-refractivity contribution in [3.05, 3.63) is 29.8 Å². The molecule has 1 aromatic rings. The monoisotopic (exact) mass is 249 g/mol. The van der Waals surface area contributed by atoms with Gasteiger partial charge < -0.3 is 15.2 Å². The molecule has 0 amide bonds. The number of carbonyl (C=O) groups excluding carboxylic acids is 1. The summed E-state index contributed by atoms with van der Waals surface area (Å²) in [4.78, 5) is 10.7. The fraction of sp³-hybridized carbons (Fsp3) is 0.533. The van der Waals surface area contributed by atoms with E-state index in [0.717, 1.165) is 38.5 Å². The molecule has 0 heterocycles. The van der Waals surface area contributed by atoms with Gasteiger partial charge in [0.2, 0.25) is 0 Å². The number of phenolic OH excluding ortho intramolecular Hbond substituents is 1. The summed E-state index contributed by atoms with van der Waals surface area (Å²) in [6.07, 6.45) is 5.95. The highest BCUT2D eigenvalue weighted by atomic mass is 16.3. The van der Waals surface area contributed by atoms with Gasteiger partial charge in [0.25, 0.3) is 0 Å². The number of carbonyl (C=O) groups is 1. The van der Waals surface area contributed by atoms with Crippen molar-refractivity contribution in [3.63, 3.8) is 0 Å². The van der Waals surface area contributed by atoms with E-state index < -0.39 is 0 Å². The average Bonchev–Trinajstić information content (AvgIpc) is 2.37. The molecule has 3 heteroatoms. The molecule has 0 saturated carbocycles. The molecule has 0 saturated heterocycles. The molecule has 3 nitrogen and oxygen atoms in total. The van der Waals surface area contributed by atoms with E-state index in [1.54, 1.807) is 12.1 Å². The second-order valence-electron chi connectivity index (χ2n) is 4.74. The number of hydrogen-bond acceptors (Lipinski definition) is 3. The Bertz CT molecular complexity index is 335. The van der Waals surface area contributed by atoms with E-state index in [1.165, 1.54) is 5.56 Å². The molecule has 0 aromatic heterocycles. The van der Waals surface area contributed by atoms with Gasteiger partial charge in [0.05, 0.1) is 0 Å². The summed E-state index contributed by atoms with van der Waals surface area (Å²) in [5.74, 6) is 0.712. The Morgan fingerprint density at radius 1 is 1.28 bits per heavy atom. The molecule has 0 aliphatic rings. The molecule has 100 valence electrons. The van der Waals surface area contributed by atoms with Crippen molar-refractivity contribution in [3.8, 4) is 5.75 Å². The highest BCUT2D eigenvalue weighted by Gasteiger charge is 2.09. The van der Waals surface area contributed by atoms with Crippen LogP contribution in [0.5, 0.6) is 5.75 Å². The van der Waals surface area contributed by atoms with Crippen molar-refractivity contribution in [1.82, 2.24) is 5.32 Å². The summed E-state index contributed by atoms with van der Waals surface area (Å²) >= 11 is 0. The predicted molar refractivity (Wildman–Crippen MR) is 73.8 cm³/mol. The maximum absolute atomic E-state index is 10.7.